The van der Waals surface area contributed by atoms with Gasteiger partial charge in [0.15, 0.2) is 0 Å². The molecule has 1 aliphatic rings. The number of hydrogen-bond acceptors (Lipinski definition) is 3. The molecule has 21 heavy (non-hydrogen) atoms. The largest absolute Gasteiger partial charge is 0.381 e. The SMILES string of the molecule is C1CCOC1.CC(C)c1cccc(CN(C)CC(F)F)n1. The number of ether oxygens (including phenoxy) is 1. The molecule has 0 amide bonds. The quantitative estimate of drug-likeness (QED) is 0.829. The van der Waals surface area contributed by atoms with Gasteiger partial charge in [-0.1, -0.05) is 19.9 Å². The highest BCUT2D eigenvalue weighted by molar-refractivity contribution is 5.13. The van der Waals surface area contributed by atoms with E-state index >= 15 is 0 Å². The van der Waals surface area contributed by atoms with Gasteiger partial charge in [-0.3, -0.25) is 9.88 Å². The monoisotopic (exact) mass is 300 g/mol. The summed E-state index contributed by atoms with van der Waals surface area (Å²) in [5.41, 5.74) is 1.84. The number of nitrogens with zero attached hydrogens (tertiary/aromatic N) is 2. The number of rotatable bonds is 5. The Hall–Kier alpha value is -1.07. The van der Waals surface area contributed by atoms with E-state index in [1.165, 1.54) is 12.8 Å². The Kier molecular flexibility index (Phi) is 8.38. The van der Waals surface area contributed by atoms with Crippen LogP contribution in [0.15, 0.2) is 18.2 Å². The van der Waals surface area contributed by atoms with Gasteiger partial charge in [0.1, 0.15) is 0 Å². The Balaban J connectivity index is 0.000000369. The van der Waals surface area contributed by atoms with Crippen molar-refractivity contribution in [3.8, 4) is 0 Å². The lowest BCUT2D eigenvalue weighted by molar-refractivity contribution is 0.0970. The first kappa shape index (κ1) is 18.0. The Labute approximate surface area is 126 Å². The first-order chi connectivity index (χ1) is 9.99. The maximum absolute atomic E-state index is 12.1. The summed E-state index contributed by atoms with van der Waals surface area (Å²) in [5.74, 6) is 0.361. The molecule has 120 valence electrons. The lowest BCUT2D eigenvalue weighted by Crippen LogP contribution is -2.24. The van der Waals surface area contributed by atoms with Gasteiger partial charge >= 0.3 is 0 Å². The van der Waals surface area contributed by atoms with Gasteiger partial charge in [-0.05, 0) is 37.9 Å². The first-order valence-corrected chi connectivity index (χ1v) is 7.49. The highest BCUT2D eigenvalue weighted by Gasteiger charge is 2.09. The molecule has 1 aliphatic heterocycles. The second-order valence-electron chi connectivity index (χ2n) is 5.62. The summed E-state index contributed by atoms with van der Waals surface area (Å²) >= 11 is 0. The lowest BCUT2D eigenvalue weighted by atomic mass is 10.1. The highest BCUT2D eigenvalue weighted by atomic mass is 19.3. The predicted molar refractivity (Wildman–Crippen MR) is 80.7 cm³/mol. The fraction of sp³-hybridized carbons (Fsp3) is 0.688. The minimum absolute atomic E-state index is 0.215. The van der Waals surface area contributed by atoms with E-state index in [2.05, 4.69) is 18.8 Å². The molecule has 3 nitrogen and oxygen atoms in total. The summed E-state index contributed by atoms with van der Waals surface area (Å²) in [5, 5.41) is 0. The molecular weight excluding hydrogens is 274 g/mol. The van der Waals surface area contributed by atoms with Crippen molar-refractivity contribution < 1.29 is 13.5 Å². The summed E-state index contributed by atoms with van der Waals surface area (Å²) < 4.78 is 29.2. The molecule has 2 rings (SSSR count). The lowest BCUT2D eigenvalue weighted by Gasteiger charge is -2.16. The zero-order valence-electron chi connectivity index (χ0n) is 13.2. The first-order valence-electron chi connectivity index (χ1n) is 7.49. The number of aromatic nitrogens is 1. The second-order valence-corrected chi connectivity index (χ2v) is 5.62. The van der Waals surface area contributed by atoms with Crippen LogP contribution in [0.4, 0.5) is 8.78 Å². The third kappa shape index (κ3) is 8.07. The maximum Gasteiger partial charge on any atom is 0.251 e. The molecule has 0 aliphatic carbocycles. The van der Waals surface area contributed by atoms with Crippen LogP contribution in [0.1, 0.15) is 44.0 Å². The molecule has 0 aromatic carbocycles. The third-order valence-electron chi connectivity index (χ3n) is 3.13. The predicted octanol–water partition coefficient (Wildman–Crippen LogP) is 3.70. The highest BCUT2D eigenvalue weighted by Crippen LogP contribution is 2.12. The number of alkyl halides is 2. The maximum atomic E-state index is 12.1. The Morgan fingerprint density at radius 3 is 2.38 bits per heavy atom. The molecular formula is C16H26F2N2O. The van der Waals surface area contributed by atoms with E-state index in [0.29, 0.717) is 12.5 Å². The molecule has 0 unspecified atom stereocenters. The topological polar surface area (TPSA) is 25.4 Å². The summed E-state index contributed by atoms with van der Waals surface area (Å²) in [7, 11) is 1.68. The number of halogens is 2. The van der Waals surface area contributed by atoms with Crippen molar-refractivity contribution in [3.05, 3.63) is 29.6 Å². The van der Waals surface area contributed by atoms with E-state index in [-0.39, 0.29) is 6.54 Å². The molecule has 2 heterocycles. The van der Waals surface area contributed by atoms with Gasteiger partial charge in [-0.25, -0.2) is 8.78 Å². The standard InChI is InChI=1S/C12H18F2N2.C4H8O/c1-9(2)11-6-4-5-10(15-11)7-16(3)8-12(13)14;1-2-4-5-3-1/h4-6,9,12H,7-8H2,1-3H3;1-4H2. The molecule has 0 bridgehead atoms. The van der Waals surface area contributed by atoms with Crippen molar-refractivity contribution >= 4 is 0 Å². The second kappa shape index (κ2) is 9.79. The van der Waals surface area contributed by atoms with Crippen LogP contribution in [0, 0.1) is 0 Å². The number of pyridine rings is 1. The van der Waals surface area contributed by atoms with E-state index in [9.17, 15) is 8.78 Å². The average molecular weight is 300 g/mol. The Bertz CT molecular complexity index is 388. The van der Waals surface area contributed by atoms with E-state index in [1.54, 1.807) is 11.9 Å². The summed E-state index contributed by atoms with van der Waals surface area (Å²) in [6.07, 6.45) is 0.262. The molecule has 1 aromatic rings. The van der Waals surface area contributed by atoms with Crippen LogP contribution >= 0.6 is 0 Å². The van der Waals surface area contributed by atoms with Gasteiger partial charge in [0, 0.05) is 25.5 Å². The van der Waals surface area contributed by atoms with Gasteiger partial charge in [-0.15, -0.1) is 0 Å². The third-order valence-corrected chi connectivity index (χ3v) is 3.13. The van der Waals surface area contributed by atoms with Gasteiger partial charge < -0.3 is 4.74 Å². The summed E-state index contributed by atoms with van der Waals surface area (Å²) in [6, 6.07) is 5.75. The molecule has 0 N–H and O–H groups in total. The molecule has 0 spiro atoms. The van der Waals surface area contributed by atoms with Crippen LogP contribution in [-0.2, 0) is 11.3 Å². The van der Waals surface area contributed by atoms with Crippen molar-refractivity contribution in [1.82, 2.24) is 9.88 Å². The van der Waals surface area contributed by atoms with E-state index in [1.807, 2.05) is 18.2 Å². The summed E-state index contributed by atoms with van der Waals surface area (Å²) in [4.78, 5) is 6.01. The summed E-state index contributed by atoms with van der Waals surface area (Å²) in [6.45, 7) is 6.38. The van der Waals surface area contributed by atoms with Crippen molar-refractivity contribution in [1.29, 1.82) is 0 Å². The minimum atomic E-state index is -2.29. The normalized spacial score (nSPS) is 14.7. The van der Waals surface area contributed by atoms with Gasteiger partial charge in [-0.2, -0.15) is 0 Å². The van der Waals surface area contributed by atoms with E-state index in [0.717, 1.165) is 24.6 Å². The Morgan fingerprint density at radius 2 is 1.90 bits per heavy atom. The van der Waals surface area contributed by atoms with Gasteiger partial charge in [0.2, 0.25) is 0 Å². The van der Waals surface area contributed by atoms with Crippen LogP contribution in [0.2, 0.25) is 0 Å². The van der Waals surface area contributed by atoms with Crippen molar-refractivity contribution in [2.45, 2.75) is 45.6 Å². The molecule has 0 radical (unpaired) electrons. The molecule has 1 saturated heterocycles. The van der Waals surface area contributed by atoms with Crippen LogP contribution in [0.25, 0.3) is 0 Å². The van der Waals surface area contributed by atoms with Crippen LogP contribution in [0.3, 0.4) is 0 Å². The fourth-order valence-electron chi connectivity index (χ4n) is 1.99. The van der Waals surface area contributed by atoms with Crippen LogP contribution < -0.4 is 0 Å². The zero-order valence-corrected chi connectivity index (χ0v) is 13.2. The molecule has 0 atom stereocenters. The smallest absolute Gasteiger partial charge is 0.251 e. The molecule has 1 fully saturated rings. The van der Waals surface area contributed by atoms with Crippen molar-refractivity contribution in [3.63, 3.8) is 0 Å². The van der Waals surface area contributed by atoms with Crippen LogP contribution in [-0.4, -0.2) is 43.1 Å². The van der Waals surface area contributed by atoms with Gasteiger partial charge in [0.05, 0.1) is 12.2 Å². The Morgan fingerprint density at radius 1 is 1.24 bits per heavy atom. The van der Waals surface area contributed by atoms with Crippen molar-refractivity contribution in [2.75, 3.05) is 26.8 Å². The average Bonchev–Trinajstić information content (AvgIpc) is 2.96. The molecule has 0 saturated carbocycles. The molecule has 5 heteroatoms. The van der Waals surface area contributed by atoms with E-state index < -0.39 is 6.43 Å². The van der Waals surface area contributed by atoms with Gasteiger partial charge in [0.25, 0.3) is 6.43 Å². The number of hydrogen-bond donors (Lipinski definition) is 0. The van der Waals surface area contributed by atoms with Crippen molar-refractivity contribution in [2.24, 2.45) is 0 Å². The zero-order chi connectivity index (χ0) is 15.7. The van der Waals surface area contributed by atoms with E-state index in [4.69, 9.17) is 4.74 Å². The van der Waals surface area contributed by atoms with Crippen LogP contribution in [0.5, 0.6) is 0 Å². The molecule has 1 aromatic heterocycles. The minimum Gasteiger partial charge on any atom is -0.381 e. The fourth-order valence-corrected chi connectivity index (χ4v) is 1.99.